The van der Waals surface area contributed by atoms with Gasteiger partial charge in [0.2, 0.25) is 5.43 Å². The molecule has 4 nitrogen and oxygen atoms in total. The minimum Gasteiger partial charge on any atom is -0.352 e. The number of fused-ring (bicyclic) bond motifs is 4. The van der Waals surface area contributed by atoms with E-state index in [0.717, 1.165) is 12.1 Å². The fourth-order valence-electron chi connectivity index (χ4n) is 2.74. The number of carbonyl (C=O) groups excluding carboxylic acids is 1. The van der Waals surface area contributed by atoms with E-state index in [1.165, 1.54) is 16.8 Å². The van der Waals surface area contributed by atoms with Crippen molar-refractivity contribution in [3.05, 3.63) is 57.9 Å². The minimum absolute atomic E-state index is 0.123. The maximum atomic E-state index is 12.8. The molecule has 0 radical (unpaired) electrons. The van der Waals surface area contributed by atoms with Gasteiger partial charge >= 0.3 is 6.18 Å². The number of nitrogens with one attached hydrogen (secondary N) is 1. The Morgan fingerprint density at radius 3 is 2.59 bits per heavy atom. The molecule has 0 atom stereocenters. The summed E-state index contributed by atoms with van der Waals surface area (Å²) in [6.45, 7) is 0. The van der Waals surface area contributed by atoms with E-state index in [1.54, 1.807) is 12.1 Å². The summed E-state index contributed by atoms with van der Waals surface area (Å²) in [6, 6.07) is 6.20. The Labute approximate surface area is 120 Å². The lowest BCUT2D eigenvalue weighted by molar-refractivity contribution is -0.137. The molecule has 22 heavy (non-hydrogen) atoms. The molecule has 0 unspecified atom stereocenters. The summed E-state index contributed by atoms with van der Waals surface area (Å²) in [5, 5.41) is -0.146. The van der Waals surface area contributed by atoms with Crippen LogP contribution < -0.4 is 5.43 Å². The molecule has 0 aliphatic carbocycles. The second-order valence-corrected chi connectivity index (χ2v) is 5.03. The first kappa shape index (κ1) is 12.9. The molecule has 3 heterocycles. The molecule has 0 saturated heterocycles. The third kappa shape index (κ3) is 1.53. The zero-order chi connectivity index (χ0) is 15.6. The van der Waals surface area contributed by atoms with Crippen LogP contribution in [0.15, 0.2) is 41.3 Å². The van der Waals surface area contributed by atoms with Gasteiger partial charge in [0.05, 0.1) is 17.0 Å². The van der Waals surface area contributed by atoms with Crippen LogP contribution in [0.4, 0.5) is 13.2 Å². The normalized spacial score (nSPS) is 13.5. The first-order valence-corrected chi connectivity index (χ1v) is 6.37. The van der Waals surface area contributed by atoms with Gasteiger partial charge in [-0.15, -0.1) is 0 Å². The van der Waals surface area contributed by atoms with E-state index < -0.39 is 23.1 Å². The lowest BCUT2D eigenvalue weighted by atomic mass is 10.1. The standard InChI is InChI=1S/C15H7F3N2O2/c16-15(17,18)7-3-4-9-8(6-7)13(21)11-12(19-9)10-2-1-5-20(10)14(11)22/h1-6H,(H,19,21). The number of benzene rings is 1. The number of H-pyrrole nitrogens is 1. The fraction of sp³-hybridized carbons (Fsp3) is 0.0667. The molecule has 1 aliphatic rings. The van der Waals surface area contributed by atoms with Gasteiger partial charge in [-0.25, -0.2) is 0 Å². The Morgan fingerprint density at radius 1 is 1.09 bits per heavy atom. The van der Waals surface area contributed by atoms with Gasteiger partial charge in [0.1, 0.15) is 5.56 Å². The van der Waals surface area contributed by atoms with Crippen molar-refractivity contribution >= 4 is 16.8 Å². The lowest BCUT2D eigenvalue weighted by Crippen LogP contribution is -2.17. The molecule has 7 heteroatoms. The third-order valence-electron chi connectivity index (χ3n) is 3.77. The highest BCUT2D eigenvalue weighted by Crippen LogP contribution is 2.33. The summed E-state index contributed by atoms with van der Waals surface area (Å²) in [5.74, 6) is -0.532. The molecule has 3 aromatic rings. The van der Waals surface area contributed by atoms with E-state index in [-0.39, 0.29) is 16.5 Å². The molecular formula is C15H7F3N2O2. The van der Waals surface area contributed by atoms with E-state index in [4.69, 9.17) is 0 Å². The highest BCUT2D eigenvalue weighted by molar-refractivity contribution is 6.10. The predicted molar refractivity (Wildman–Crippen MR) is 72.7 cm³/mol. The van der Waals surface area contributed by atoms with Gasteiger partial charge in [0.15, 0.2) is 0 Å². The average molecular weight is 304 g/mol. The van der Waals surface area contributed by atoms with E-state index in [1.807, 2.05) is 0 Å². The molecule has 1 aliphatic heterocycles. The van der Waals surface area contributed by atoms with E-state index in [9.17, 15) is 22.8 Å². The summed E-state index contributed by atoms with van der Waals surface area (Å²) >= 11 is 0. The number of nitrogens with zero attached hydrogens (tertiary/aromatic N) is 1. The predicted octanol–water partition coefficient (Wildman–Crippen LogP) is 3.02. The van der Waals surface area contributed by atoms with Crippen LogP contribution in [0, 0.1) is 0 Å². The summed E-state index contributed by atoms with van der Waals surface area (Å²) in [6.07, 6.45) is -3.04. The highest BCUT2D eigenvalue weighted by Gasteiger charge is 2.33. The zero-order valence-corrected chi connectivity index (χ0v) is 10.9. The van der Waals surface area contributed by atoms with Gasteiger partial charge in [-0.05, 0) is 30.3 Å². The van der Waals surface area contributed by atoms with Gasteiger partial charge in [-0.1, -0.05) is 0 Å². The van der Waals surface area contributed by atoms with Crippen LogP contribution in [0.3, 0.4) is 0 Å². The van der Waals surface area contributed by atoms with Crippen LogP contribution in [0.5, 0.6) is 0 Å². The van der Waals surface area contributed by atoms with Crippen LogP contribution in [-0.4, -0.2) is 15.5 Å². The van der Waals surface area contributed by atoms with E-state index >= 15 is 0 Å². The van der Waals surface area contributed by atoms with Gasteiger partial charge in [0.25, 0.3) is 5.91 Å². The first-order valence-electron chi connectivity index (χ1n) is 6.37. The van der Waals surface area contributed by atoms with Crippen molar-refractivity contribution in [1.82, 2.24) is 9.55 Å². The minimum atomic E-state index is -4.55. The van der Waals surface area contributed by atoms with Crippen LogP contribution in [-0.2, 0) is 6.18 Å². The summed E-state index contributed by atoms with van der Waals surface area (Å²) in [5.41, 5.74) is -0.605. The van der Waals surface area contributed by atoms with Crippen LogP contribution >= 0.6 is 0 Å². The lowest BCUT2D eigenvalue weighted by Gasteiger charge is -2.08. The highest BCUT2D eigenvalue weighted by atomic mass is 19.4. The number of halogens is 3. The molecule has 0 spiro atoms. The Balaban J connectivity index is 2.09. The maximum Gasteiger partial charge on any atom is 0.416 e. The zero-order valence-electron chi connectivity index (χ0n) is 10.9. The molecule has 1 N–H and O–H groups in total. The van der Waals surface area contributed by atoms with Gasteiger partial charge in [-0.3, -0.25) is 14.2 Å². The Bertz CT molecular complexity index is 1010. The third-order valence-corrected chi connectivity index (χ3v) is 3.77. The van der Waals surface area contributed by atoms with E-state index in [2.05, 4.69) is 4.98 Å². The van der Waals surface area contributed by atoms with Crippen molar-refractivity contribution in [2.45, 2.75) is 6.18 Å². The SMILES string of the molecule is O=C1c2c([nH]c3ccc(C(F)(F)F)cc3c2=O)-c2cccn21. The smallest absolute Gasteiger partial charge is 0.352 e. The van der Waals surface area contributed by atoms with Crippen molar-refractivity contribution in [2.24, 2.45) is 0 Å². The number of rotatable bonds is 0. The van der Waals surface area contributed by atoms with Crippen molar-refractivity contribution in [3.63, 3.8) is 0 Å². The quantitative estimate of drug-likeness (QED) is 0.543. The van der Waals surface area contributed by atoms with Crippen molar-refractivity contribution in [3.8, 4) is 11.4 Å². The topological polar surface area (TPSA) is 54.9 Å². The Kier molecular flexibility index (Phi) is 2.27. The first-order chi connectivity index (χ1) is 10.4. The second-order valence-electron chi connectivity index (χ2n) is 5.03. The number of carbonyl (C=O) groups is 1. The molecule has 0 amide bonds. The Hall–Kier alpha value is -2.83. The second kappa shape index (κ2) is 3.88. The van der Waals surface area contributed by atoms with E-state index in [0.29, 0.717) is 11.4 Å². The number of pyridine rings is 1. The molecule has 4 rings (SSSR count). The fourth-order valence-corrected chi connectivity index (χ4v) is 2.74. The summed E-state index contributed by atoms with van der Waals surface area (Å²) < 4.78 is 39.6. The number of aromatic nitrogens is 2. The van der Waals surface area contributed by atoms with Crippen molar-refractivity contribution in [2.75, 3.05) is 0 Å². The van der Waals surface area contributed by atoms with Gasteiger partial charge in [0, 0.05) is 17.1 Å². The Morgan fingerprint density at radius 2 is 1.86 bits per heavy atom. The average Bonchev–Trinajstić information content (AvgIpc) is 3.02. The van der Waals surface area contributed by atoms with Gasteiger partial charge < -0.3 is 4.98 Å². The number of aromatic amines is 1. The monoisotopic (exact) mass is 304 g/mol. The molecule has 110 valence electrons. The molecule has 2 aromatic heterocycles. The number of hydrogen-bond donors (Lipinski definition) is 1. The van der Waals surface area contributed by atoms with Crippen molar-refractivity contribution in [1.29, 1.82) is 0 Å². The maximum absolute atomic E-state index is 12.8. The molecule has 0 saturated carbocycles. The van der Waals surface area contributed by atoms with Crippen LogP contribution in [0.1, 0.15) is 15.9 Å². The summed E-state index contributed by atoms with van der Waals surface area (Å²) in [7, 11) is 0. The largest absolute Gasteiger partial charge is 0.416 e. The van der Waals surface area contributed by atoms with Crippen molar-refractivity contribution < 1.29 is 18.0 Å². The summed E-state index contributed by atoms with van der Waals surface area (Å²) in [4.78, 5) is 27.6. The van der Waals surface area contributed by atoms with Crippen LogP contribution in [0.25, 0.3) is 22.3 Å². The molecule has 0 fully saturated rings. The molecule has 0 bridgehead atoms. The molecular weight excluding hydrogens is 297 g/mol. The van der Waals surface area contributed by atoms with Crippen LogP contribution in [0.2, 0.25) is 0 Å². The molecule has 1 aromatic carbocycles. The number of hydrogen-bond acceptors (Lipinski definition) is 2. The number of alkyl halides is 3. The van der Waals surface area contributed by atoms with Gasteiger partial charge in [-0.2, -0.15) is 13.2 Å².